The zero-order valence-electron chi connectivity index (χ0n) is 18.3. The Labute approximate surface area is 190 Å². The molecule has 3 aromatic rings. The van der Waals surface area contributed by atoms with Gasteiger partial charge in [-0.2, -0.15) is 0 Å². The highest BCUT2D eigenvalue weighted by atomic mass is 16.5. The molecule has 0 saturated carbocycles. The Morgan fingerprint density at radius 1 is 0.781 bits per heavy atom. The summed E-state index contributed by atoms with van der Waals surface area (Å²) in [5.74, 6) is 1.46. The van der Waals surface area contributed by atoms with Crippen LogP contribution in [0.3, 0.4) is 0 Å². The highest BCUT2D eigenvalue weighted by molar-refractivity contribution is 5.92. The first kappa shape index (κ1) is 23.3. The van der Waals surface area contributed by atoms with E-state index in [1.165, 1.54) is 5.56 Å². The van der Waals surface area contributed by atoms with Crippen molar-refractivity contribution in [3.63, 3.8) is 0 Å². The van der Waals surface area contributed by atoms with Gasteiger partial charge in [-0.1, -0.05) is 30.3 Å². The molecular weight excluding hydrogens is 400 g/mol. The third kappa shape index (κ3) is 8.79. The molecule has 6 heteroatoms. The van der Waals surface area contributed by atoms with Crippen molar-refractivity contribution in [3.8, 4) is 11.5 Å². The summed E-state index contributed by atoms with van der Waals surface area (Å²) in [5.41, 5.74) is 8.61. The fourth-order valence-corrected chi connectivity index (χ4v) is 3.24. The van der Waals surface area contributed by atoms with E-state index in [-0.39, 0.29) is 5.91 Å². The van der Waals surface area contributed by atoms with E-state index >= 15 is 0 Å². The van der Waals surface area contributed by atoms with Crippen LogP contribution >= 0.6 is 0 Å². The number of amides is 1. The van der Waals surface area contributed by atoms with Gasteiger partial charge in [-0.15, -0.1) is 0 Å². The van der Waals surface area contributed by atoms with Crippen LogP contribution in [0, 0.1) is 0 Å². The molecule has 5 N–H and O–H groups in total. The number of nitrogen functional groups attached to an aromatic ring is 1. The Hall–Kier alpha value is -3.35. The molecule has 0 heterocycles. The van der Waals surface area contributed by atoms with Crippen molar-refractivity contribution in [1.29, 1.82) is 0 Å². The number of anilines is 2. The molecule has 6 nitrogen and oxygen atoms in total. The molecule has 0 unspecified atom stereocenters. The van der Waals surface area contributed by atoms with E-state index in [9.17, 15) is 4.79 Å². The maximum Gasteiger partial charge on any atom is 0.238 e. The summed E-state index contributed by atoms with van der Waals surface area (Å²) >= 11 is 0. The van der Waals surface area contributed by atoms with E-state index in [0.29, 0.717) is 6.54 Å². The third-order valence-electron chi connectivity index (χ3n) is 4.90. The minimum absolute atomic E-state index is 0.0537. The summed E-state index contributed by atoms with van der Waals surface area (Å²) in [6.45, 7) is 3.02. The molecule has 0 aliphatic heterocycles. The Kier molecular flexibility index (Phi) is 9.58. The number of para-hydroxylation sites is 1. The lowest BCUT2D eigenvalue weighted by Crippen LogP contribution is -2.29. The fourth-order valence-electron chi connectivity index (χ4n) is 3.24. The summed E-state index contributed by atoms with van der Waals surface area (Å²) in [5, 5.41) is 9.53. The number of carbonyl (C=O) groups excluding carboxylic acids is 1. The zero-order chi connectivity index (χ0) is 22.4. The molecule has 0 aliphatic rings. The standard InChI is InChI=1S/C26H32N4O2/c27-22-8-6-7-21(19-22)15-18-28-16-4-5-17-29-20-26(31)30-23-11-13-25(14-12-23)32-24-9-2-1-3-10-24/h1-3,6-14,19,28-29H,4-5,15-18,20,27H2,(H,30,31). The maximum atomic E-state index is 12.1. The molecule has 0 atom stereocenters. The summed E-state index contributed by atoms with van der Waals surface area (Å²) in [4.78, 5) is 12.1. The molecule has 3 rings (SSSR count). The van der Waals surface area contributed by atoms with Crippen molar-refractivity contribution in [2.75, 3.05) is 37.2 Å². The predicted octanol–water partition coefficient (Wildman–Crippen LogP) is 4.20. The fraction of sp³-hybridized carbons (Fsp3) is 0.269. The van der Waals surface area contributed by atoms with Crippen molar-refractivity contribution in [3.05, 3.63) is 84.4 Å². The highest BCUT2D eigenvalue weighted by Gasteiger charge is 2.03. The lowest BCUT2D eigenvalue weighted by molar-refractivity contribution is -0.115. The molecule has 3 aromatic carbocycles. The number of benzene rings is 3. The van der Waals surface area contributed by atoms with Crippen molar-refractivity contribution in [2.24, 2.45) is 0 Å². The largest absolute Gasteiger partial charge is 0.457 e. The SMILES string of the molecule is Nc1cccc(CCNCCCCNCC(=O)Nc2ccc(Oc3ccccc3)cc2)c1. The number of unbranched alkanes of at least 4 members (excludes halogenated alkanes) is 1. The van der Waals surface area contributed by atoms with Crippen LogP contribution in [-0.4, -0.2) is 32.1 Å². The van der Waals surface area contributed by atoms with Crippen LogP contribution in [0.15, 0.2) is 78.9 Å². The van der Waals surface area contributed by atoms with Crippen molar-refractivity contribution >= 4 is 17.3 Å². The first-order valence-corrected chi connectivity index (χ1v) is 11.1. The van der Waals surface area contributed by atoms with Gasteiger partial charge in [0.1, 0.15) is 11.5 Å². The second kappa shape index (κ2) is 13.1. The van der Waals surface area contributed by atoms with Crippen LogP contribution in [0.4, 0.5) is 11.4 Å². The maximum absolute atomic E-state index is 12.1. The lowest BCUT2D eigenvalue weighted by atomic mass is 10.1. The molecule has 1 amide bonds. The monoisotopic (exact) mass is 432 g/mol. The van der Waals surface area contributed by atoms with Gasteiger partial charge in [0.05, 0.1) is 6.54 Å². The number of ether oxygens (including phenoxy) is 1. The molecule has 0 aromatic heterocycles. The van der Waals surface area contributed by atoms with E-state index in [1.54, 1.807) is 0 Å². The van der Waals surface area contributed by atoms with E-state index in [0.717, 1.165) is 61.8 Å². The zero-order valence-corrected chi connectivity index (χ0v) is 18.3. The van der Waals surface area contributed by atoms with Gasteiger partial charge in [0.15, 0.2) is 0 Å². The number of rotatable bonds is 13. The Bertz CT molecular complexity index is 946. The minimum atomic E-state index is -0.0537. The number of nitrogens with one attached hydrogen (secondary N) is 3. The van der Waals surface area contributed by atoms with Gasteiger partial charge in [-0.25, -0.2) is 0 Å². The summed E-state index contributed by atoms with van der Waals surface area (Å²) in [6, 6.07) is 25.0. The van der Waals surface area contributed by atoms with Crippen LogP contribution in [-0.2, 0) is 11.2 Å². The van der Waals surface area contributed by atoms with Crippen molar-refractivity contribution < 1.29 is 9.53 Å². The summed E-state index contributed by atoms with van der Waals surface area (Å²) < 4.78 is 5.76. The molecule has 0 aliphatic carbocycles. The van der Waals surface area contributed by atoms with E-state index in [1.807, 2.05) is 72.8 Å². The molecule has 0 radical (unpaired) electrons. The van der Waals surface area contributed by atoms with Crippen LogP contribution in [0.25, 0.3) is 0 Å². The van der Waals surface area contributed by atoms with Gasteiger partial charge >= 0.3 is 0 Å². The number of carbonyl (C=O) groups is 1. The minimum Gasteiger partial charge on any atom is -0.457 e. The Morgan fingerprint density at radius 3 is 2.25 bits per heavy atom. The average Bonchev–Trinajstić information content (AvgIpc) is 2.80. The van der Waals surface area contributed by atoms with Gasteiger partial charge in [-0.05, 0) is 93.0 Å². The predicted molar refractivity (Wildman–Crippen MR) is 131 cm³/mol. The second-order valence-corrected chi connectivity index (χ2v) is 7.62. The molecule has 0 bridgehead atoms. The number of hydrogen-bond donors (Lipinski definition) is 4. The van der Waals surface area contributed by atoms with Gasteiger partial charge in [0.25, 0.3) is 0 Å². The van der Waals surface area contributed by atoms with Gasteiger partial charge in [-0.3, -0.25) is 4.79 Å². The number of nitrogens with two attached hydrogens (primary N) is 1. The van der Waals surface area contributed by atoms with Crippen LogP contribution in [0.2, 0.25) is 0 Å². The van der Waals surface area contributed by atoms with Crippen LogP contribution < -0.4 is 26.4 Å². The van der Waals surface area contributed by atoms with Gasteiger partial charge < -0.3 is 26.4 Å². The summed E-state index contributed by atoms with van der Waals surface area (Å²) in [7, 11) is 0. The van der Waals surface area contributed by atoms with Crippen LogP contribution in [0.1, 0.15) is 18.4 Å². The van der Waals surface area contributed by atoms with E-state index < -0.39 is 0 Å². The van der Waals surface area contributed by atoms with E-state index in [4.69, 9.17) is 10.5 Å². The quantitative estimate of drug-likeness (QED) is 0.240. The first-order chi connectivity index (χ1) is 15.7. The third-order valence-corrected chi connectivity index (χ3v) is 4.90. The van der Waals surface area contributed by atoms with Crippen molar-refractivity contribution in [1.82, 2.24) is 10.6 Å². The smallest absolute Gasteiger partial charge is 0.238 e. The highest BCUT2D eigenvalue weighted by Crippen LogP contribution is 2.22. The molecule has 0 fully saturated rings. The van der Waals surface area contributed by atoms with Crippen LogP contribution in [0.5, 0.6) is 11.5 Å². The van der Waals surface area contributed by atoms with Gasteiger partial charge in [0, 0.05) is 11.4 Å². The first-order valence-electron chi connectivity index (χ1n) is 11.1. The lowest BCUT2D eigenvalue weighted by Gasteiger charge is -2.09. The molecule has 0 spiro atoms. The Balaban J connectivity index is 1.21. The van der Waals surface area contributed by atoms with Crippen molar-refractivity contribution in [2.45, 2.75) is 19.3 Å². The second-order valence-electron chi connectivity index (χ2n) is 7.62. The molecular formula is C26H32N4O2. The molecule has 32 heavy (non-hydrogen) atoms. The Morgan fingerprint density at radius 2 is 1.50 bits per heavy atom. The average molecular weight is 433 g/mol. The van der Waals surface area contributed by atoms with Gasteiger partial charge in [0.2, 0.25) is 5.91 Å². The number of hydrogen-bond acceptors (Lipinski definition) is 5. The topological polar surface area (TPSA) is 88.4 Å². The molecule has 0 saturated heterocycles. The van der Waals surface area contributed by atoms with E-state index in [2.05, 4.69) is 22.0 Å². The normalized spacial score (nSPS) is 10.6. The molecule has 168 valence electrons. The summed E-state index contributed by atoms with van der Waals surface area (Å²) in [6.07, 6.45) is 3.06.